The summed E-state index contributed by atoms with van der Waals surface area (Å²) in [5, 5.41) is 0. The highest BCUT2D eigenvalue weighted by molar-refractivity contribution is 5.88. The summed E-state index contributed by atoms with van der Waals surface area (Å²) in [5.41, 5.74) is 1.08. The van der Waals surface area contributed by atoms with Crippen molar-refractivity contribution in [2.45, 2.75) is 40.5 Å². The Balaban J connectivity index is 1.60. The molecule has 0 fully saturated rings. The number of hydrogen-bond acceptors (Lipinski definition) is 6. The van der Waals surface area contributed by atoms with E-state index < -0.39 is 22.8 Å². The molecule has 0 aliphatic heterocycles. The van der Waals surface area contributed by atoms with E-state index in [4.69, 9.17) is 14.2 Å². The second-order valence-corrected chi connectivity index (χ2v) is 10.1. The Morgan fingerprint density at radius 3 is 1.76 bits per heavy atom. The monoisotopic (exact) mass is 514 g/mol. The Morgan fingerprint density at radius 2 is 1.26 bits per heavy atom. The topological polar surface area (TPSA) is 78.9 Å². The normalized spacial score (nSPS) is 13.0. The highest BCUT2D eigenvalue weighted by atomic mass is 16.5. The molecule has 0 radical (unpaired) electrons. The van der Waals surface area contributed by atoms with Gasteiger partial charge in [0.2, 0.25) is 0 Å². The van der Waals surface area contributed by atoms with Crippen molar-refractivity contribution in [2.24, 2.45) is 10.8 Å². The van der Waals surface area contributed by atoms with Crippen LogP contribution in [-0.4, -0.2) is 25.0 Å². The predicted octanol–water partition coefficient (Wildman–Crippen LogP) is 6.88. The molecular weight excluding hydrogens is 480 g/mol. The molecule has 0 saturated carbocycles. The number of esters is 3. The summed E-state index contributed by atoms with van der Waals surface area (Å²) >= 11 is 0. The lowest BCUT2D eigenvalue weighted by Crippen LogP contribution is -2.39. The summed E-state index contributed by atoms with van der Waals surface area (Å²) in [7, 11) is 1.35. The van der Waals surface area contributed by atoms with E-state index in [1.54, 1.807) is 51.1 Å². The first-order valence-electron chi connectivity index (χ1n) is 12.5. The van der Waals surface area contributed by atoms with Crippen LogP contribution in [0.2, 0.25) is 0 Å². The molecule has 0 aromatic heterocycles. The highest BCUT2D eigenvalue weighted by Crippen LogP contribution is 2.38. The first-order chi connectivity index (χ1) is 18.1. The SMILES string of the molecule is CCC(C)(CC(C)(C)C(=O)Oc1ccc(-c2ccc(OC(=O)/C=C/c3ccccc3)cc2)cc1)C(=O)OC. The van der Waals surface area contributed by atoms with Gasteiger partial charge in [0.15, 0.2) is 0 Å². The van der Waals surface area contributed by atoms with Crippen molar-refractivity contribution in [3.63, 3.8) is 0 Å². The van der Waals surface area contributed by atoms with Gasteiger partial charge in [-0.2, -0.15) is 0 Å². The van der Waals surface area contributed by atoms with Crippen molar-refractivity contribution in [3.05, 3.63) is 90.5 Å². The minimum Gasteiger partial charge on any atom is -0.469 e. The van der Waals surface area contributed by atoms with E-state index in [-0.39, 0.29) is 5.97 Å². The van der Waals surface area contributed by atoms with Crippen LogP contribution in [0.1, 0.15) is 46.1 Å². The smallest absolute Gasteiger partial charge is 0.336 e. The highest BCUT2D eigenvalue weighted by Gasteiger charge is 2.42. The standard InChI is InChI=1S/C32H34O6/c1-6-32(4,30(35)36-5)22-31(2,3)29(34)38-27-19-15-25(16-20-27)24-13-17-26(18-14-24)37-28(33)21-12-23-10-8-7-9-11-23/h7-21H,6,22H2,1-5H3/b21-12+. The van der Waals surface area contributed by atoms with Crippen LogP contribution in [0.25, 0.3) is 17.2 Å². The molecule has 0 aliphatic rings. The molecule has 38 heavy (non-hydrogen) atoms. The Morgan fingerprint density at radius 1 is 0.737 bits per heavy atom. The second kappa shape index (κ2) is 12.4. The predicted molar refractivity (Wildman–Crippen MR) is 147 cm³/mol. The molecule has 3 aromatic carbocycles. The molecular formula is C32H34O6. The third-order valence-corrected chi connectivity index (χ3v) is 6.53. The third-order valence-electron chi connectivity index (χ3n) is 6.53. The van der Waals surface area contributed by atoms with Crippen molar-refractivity contribution in [1.82, 2.24) is 0 Å². The Kier molecular flexibility index (Phi) is 9.24. The first-order valence-corrected chi connectivity index (χ1v) is 12.5. The number of benzene rings is 3. The fraction of sp³-hybridized carbons (Fsp3) is 0.281. The molecule has 6 nitrogen and oxygen atoms in total. The number of rotatable bonds is 10. The van der Waals surface area contributed by atoms with E-state index >= 15 is 0 Å². The van der Waals surface area contributed by atoms with Gasteiger partial charge < -0.3 is 14.2 Å². The zero-order chi connectivity index (χ0) is 27.8. The van der Waals surface area contributed by atoms with Crippen molar-refractivity contribution in [2.75, 3.05) is 7.11 Å². The van der Waals surface area contributed by atoms with Gasteiger partial charge in [0.05, 0.1) is 17.9 Å². The largest absolute Gasteiger partial charge is 0.469 e. The summed E-state index contributed by atoms with van der Waals surface area (Å²) in [5.74, 6) is -0.355. The van der Waals surface area contributed by atoms with Crippen LogP contribution in [0.15, 0.2) is 84.9 Å². The molecule has 3 rings (SSSR count). The molecule has 1 unspecified atom stereocenters. The van der Waals surface area contributed by atoms with Gasteiger partial charge >= 0.3 is 17.9 Å². The second-order valence-electron chi connectivity index (χ2n) is 10.1. The van der Waals surface area contributed by atoms with E-state index in [1.165, 1.54) is 13.2 Å². The molecule has 0 saturated heterocycles. The zero-order valence-electron chi connectivity index (χ0n) is 22.5. The van der Waals surface area contributed by atoms with Crippen molar-refractivity contribution in [3.8, 4) is 22.6 Å². The molecule has 198 valence electrons. The average Bonchev–Trinajstić information content (AvgIpc) is 2.92. The fourth-order valence-corrected chi connectivity index (χ4v) is 4.19. The summed E-state index contributed by atoms with van der Waals surface area (Å²) in [6, 6.07) is 23.8. The van der Waals surface area contributed by atoms with E-state index in [0.29, 0.717) is 24.3 Å². The first kappa shape index (κ1) is 28.4. The molecule has 0 amide bonds. The van der Waals surface area contributed by atoms with Crippen molar-refractivity contribution in [1.29, 1.82) is 0 Å². The summed E-state index contributed by atoms with van der Waals surface area (Å²) in [6.07, 6.45) is 3.95. The maximum atomic E-state index is 12.9. The zero-order valence-corrected chi connectivity index (χ0v) is 22.5. The van der Waals surface area contributed by atoms with Crippen LogP contribution in [0.4, 0.5) is 0 Å². The molecule has 0 aliphatic carbocycles. The summed E-state index contributed by atoms with van der Waals surface area (Å²) in [6.45, 7) is 7.24. The third kappa shape index (κ3) is 7.42. The van der Waals surface area contributed by atoms with E-state index in [9.17, 15) is 14.4 Å². The molecule has 0 bridgehead atoms. The number of carbonyl (C=O) groups is 3. The van der Waals surface area contributed by atoms with Crippen molar-refractivity contribution >= 4 is 24.0 Å². The minimum atomic E-state index is -0.888. The van der Waals surface area contributed by atoms with Crippen LogP contribution < -0.4 is 9.47 Å². The van der Waals surface area contributed by atoms with Crippen LogP contribution in [0, 0.1) is 10.8 Å². The number of carbonyl (C=O) groups excluding carboxylic acids is 3. The van der Waals surface area contributed by atoms with Gasteiger partial charge in [-0.15, -0.1) is 0 Å². The number of methoxy groups -OCH3 is 1. The van der Waals surface area contributed by atoms with Gasteiger partial charge in [-0.05, 0) is 80.6 Å². The lowest BCUT2D eigenvalue weighted by molar-refractivity contribution is -0.157. The van der Waals surface area contributed by atoms with Gasteiger partial charge in [0.1, 0.15) is 11.5 Å². The lowest BCUT2D eigenvalue weighted by atomic mass is 9.72. The number of ether oxygens (including phenoxy) is 3. The van der Waals surface area contributed by atoms with E-state index in [1.807, 2.05) is 61.5 Å². The Bertz CT molecular complexity index is 1270. The van der Waals surface area contributed by atoms with Crippen molar-refractivity contribution < 1.29 is 28.6 Å². The van der Waals surface area contributed by atoms with Gasteiger partial charge in [-0.25, -0.2) is 4.79 Å². The van der Waals surface area contributed by atoms with Crippen LogP contribution in [0.5, 0.6) is 11.5 Å². The van der Waals surface area contributed by atoms with Gasteiger partial charge in [0, 0.05) is 6.08 Å². The Labute approximate surface area is 224 Å². The fourth-order valence-electron chi connectivity index (χ4n) is 4.19. The lowest BCUT2D eigenvalue weighted by Gasteiger charge is -2.33. The molecule has 0 heterocycles. The van der Waals surface area contributed by atoms with Gasteiger partial charge in [0.25, 0.3) is 0 Å². The molecule has 0 spiro atoms. The van der Waals surface area contributed by atoms with E-state index in [2.05, 4.69) is 0 Å². The molecule has 3 aromatic rings. The van der Waals surface area contributed by atoms with Crippen LogP contribution in [0.3, 0.4) is 0 Å². The number of hydrogen-bond donors (Lipinski definition) is 0. The minimum absolute atomic E-state index is 0.305. The van der Waals surface area contributed by atoms with E-state index in [0.717, 1.165) is 16.7 Å². The average molecular weight is 515 g/mol. The maximum absolute atomic E-state index is 12.9. The van der Waals surface area contributed by atoms with Crippen LogP contribution >= 0.6 is 0 Å². The molecule has 1 atom stereocenters. The maximum Gasteiger partial charge on any atom is 0.336 e. The molecule has 0 N–H and O–H groups in total. The van der Waals surface area contributed by atoms with Gasteiger partial charge in [-0.1, -0.05) is 61.5 Å². The van der Waals surface area contributed by atoms with Crippen LogP contribution in [-0.2, 0) is 19.1 Å². The quantitative estimate of drug-likeness (QED) is 0.167. The molecule has 6 heteroatoms. The summed E-state index contributed by atoms with van der Waals surface area (Å²) in [4.78, 5) is 37.3. The summed E-state index contributed by atoms with van der Waals surface area (Å²) < 4.78 is 16.0. The van der Waals surface area contributed by atoms with Gasteiger partial charge in [-0.3, -0.25) is 9.59 Å². The Hall–Kier alpha value is -4.19.